The van der Waals surface area contributed by atoms with Crippen molar-refractivity contribution in [1.82, 2.24) is 0 Å². The Hall–Kier alpha value is -4.01. The van der Waals surface area contributed by atoms with Gasteiger partial charge in [-0.25, -0.2) is 4.79 Å². The zero-order chi connectivity index (χ0) is 23.7. The molecule has 9 heteroatoms. The van der Waals surface area contributed by atoms with Crippen LogP contribution in [0.15, 0.2) is 84.0 Å². The number of ether oxygens (including phenoxy) is 3. The number of benzene rings is 3. The molecule has 0 saturated heterocycles. The molecular weight excluding hydrogens is 439 g/mol. The third-order valence-corrected chi connectivity index (χ3v) is 4.22. The number of halogens is 3. The number of nitrogens with zero attached hydrogens (tertiary/aromatic N) is 1. The van der Waals surface area contributed by atoms with Crippen molar-refractivity contribution >= 4 is 12.2 Å². The Morgan fingerprint density at radius 2 is 1.48 bits per heavy atom. The molecule has 0 amide bonds. The summed E-state index contributed by atoms with van der Waals surface area (Å²) in [5, 5.41) is 3.71. The number of carbonyl (C=O) groups excluding carboxylic acids is 1. The Morgan fingerprint density at radius 3 is 2.09 bits per heavy atom. The fraction of sp³-hybridized carbons (Fsp3) is 0.167. The lowest BCUT2D eigenvalue weighted by molar-refractivity contribution is -0.163. The first-order valence-electron chi connectivity index (χ1n) is 9.80. The van der Waals surface area contributed by atoms with Gasteiger partial charge in [0.1, 0.15) is 17.2 Å². The second-order valence-electron chi connectivity index (χ2n) is 6.71. The van der Waals surface area contributed by atoms with Crippen LogP contribution in [0.2, 0.25) is 0 Å². The molecule has 0 bridgehead atoms. The van der Waals surface area contributed by atoms with E-state index in [2.05, 4.69) is 5.16 Å². The number of alkyl halides is 3. The molecule has 0 saturated carbocycles. The van der Waals surface area contributed by atoms with Crippen LogP contribution in [-0.2, 0) is 20.5 Å². The monoisotopic (exact) mass is 459 g/mol. The van der Waals surface area contributed by atoms with Gasteiger partial charge in [0.2, 0.25) is 0 Å². The molecule has 172 valence electrons. The first-order valence-corrected chi connectivity index (χ1v) is 9.80. The summed E-state index contributed by atoms with van der Waals surface area (Å²) in [6.45, 7) is 1.15. The van der Waals surface area contributed by atoms with Crippen LogP contribution in [0, 0.1) is 0 Å². The summed E-state index contributed by atoms with van der Waals surface area (Å²) >= 11 is 0. The highest BCUT2D eigenvalue weighted by Gasteiger charge is 2.30. The number of rotatable bonds is 9. The standard InChI is InChI=1S/C24H20F3NO5/c1-17(23(29)30-16-31-28-15-18-5-3-2-4-6-18)32-20-11-13-22(14-12-20)33-21-9-7-19(8-10-21)24(25,26)27/h2-15,17H,16H2,1H3. The van der Waals surface area contributed by atoms with Gasteiger partial charge in [-0.2, -0.15) is 13.2 Å². The van der Waals surface area contributed by atoms with Crippen molar-refractivity contribution in [2.45, 2.75) is 19.2 Å². The first-order chi connectivity index (χ1) is 15.8. The van der Waals surface area contributed by atoms with Gasteiger partial charge < -0.3 is 19.0 Å². The Labute approximate surface area is 188 Å². The highest BCUT2D eigenvalue weighted by molar-refractivity contribution is 5.78. The van der Waals surface area contributed by atoms with E-state index in [4.69, 9.17) is 19.0 Å². The molecule has 3 aromatic carbocycles. The van der Waals surface area contributed by atoms with Crippen molar-refractivity contribution in [3.63, 3.8) is 0 Å². The molecule has 0 aliphatic carbocycles. The van der Waals surface area contributed by atoms with E-state index in [0.29, 0.717) is 11.5 Å². The molecule has 6 nitrogen and oxygen atoms in total. The van der Waals surface area contributed by atoms with E-state index in [1.54, 1.807) is 24.3 Å². The molecule has 1 atom stereocenters. The van der Waals surface area contributed by atoms with Gasteiger partial charge in [0, 0.05) is 0 Å². The molecule has 0 N–H and O–H groups in total. The Kier molecular flexibility index (Phi) is 7.91. The van der Waals surface area contributed by atoms with E-state index in [9.17, 15) is 18.0 Å². The predicted molar refractivity (Wildman–Crippen MR) is 114 cm³/mol. The second kappa shape index (κ2) is 11.0. The molecule has 0 fully saturated rings. The van der Waals surface area contributed by atoms with Crippen LogP contribution in [-0.4, -0.2) is 25.1 Å². The van der Waals surface area contributed by atoms with Gasteiger partial charge in [-0.1, -0.05) is 35.5 Å². The highest BCUT2D eigenvalue weighted by Crippen LogP contribution is 2.31. The van der Waals surface area contributed by atoms with E-state index in [-0.39, 0.29) is 12.5 Å². The highest BCUT2D eigenvalue weighted by atomic mass is 19.4. The maximum absolute atomic E-state index is 12.6. The van der Waals surface area contributed by atoms with Crippen molar-refractivity contribution in [1.29, 1.82) is 0 Å². The number of hydrogen-bond donors (Lipinski definition) is 0. The van der Waals surface area contributed by atoms with Gasteiger partial charge in [-0.3, -0.25) is 0 Å². The van der Waals surface area contributed by atoms with E-state index < -0.39 is 23.8 Å². The summed E-state index contributed by atoms with van der Waals surface area (Å²) in [6, 6.07) is 19.9. The zero-order valence-electron chi connectivity index (χ0n) is 17.5. The number of esters is 1. The van der Waals surface area contributed by atoms with Gasteiger partial charge in [0.25, 0.3) is 6.79 Å². The lowest BCUT2D eigenvalue weighted by Gasteiger charge is -2.14. The normalized spacial score (nSPS) is 12.2. The van der Waals surface area contributed by atoms with E-state index in [0.717, 1.165) is 17.7 Å². The first kappa shape index (κ1) is 23.6. The zero-order valence-corrected chi connectivity index (χ0v) is 17.5. The lowest BCUT2D eigenvalue weighted by Crippen LogP contribution is -2.26. The minimum Gasteiger partial charge on any atom is -0.479 e. The van der Waals surface area contributed by atoms with E-state index in [1.165, 1.54) is 25.3 Å². The number of carbonyl (C=O) groups is 1. The number of hydrogen-bond acceptors (Lipinski definition) is 6. The Bertz CT molecular complexity index is 1050. The molecule has 0 radical (unpaired) electrons. The summed E-state index contributed by atoms with van der Waals surface area (Å²) < 4.78 is 53.8. The third kappa shape index (κ3) is 7.57. The Morgan fingerprint density at radius 1 is 0.909 bits per heavy atom. The van der Waals surface area contributed by atoms with Crippen molar-refractivity contribution in [3.8, 4) is 17.2 Å². The minimum absolute atomic E-state index is 0.253. The maximum Gasteiger partial charge on any atom is 0.416 e. The van der Waals surface area contributed by atoms with Crippen molar-refractivity contribution < 1.29 is 37.0 Å². The summed E-state index contributed by atoms with van der Waals surface area (Å²) in [5.41, 5.74) is 0.0825. The summed E-state index contributed by atoms with van der Waals surface area (Å²) in [4.78, 5) is 16.9. The molecule has 1 unspecified atom stereocenters. The maximum atomic E-state index is 12.6. The van der Waals surface area contributed by atoms with Crippen LogP contribution >= 0.6 is 0 Å². The second-order valence-corrected chi connectivity index (χ2v) is 6.71. The molecule has 0 aliphatic rings. The fourth-order valence-electron chi connectivity index (χ4n) is 2.56. The predicted octanol–water partition coefficient (Wildman–Crippen LogP) is 5.82. The molecule has 3 aromatic rings. The van der Waals surface area contributed by atoms with Gasteiger partial charge in [-0.05, 0) is 61.0 Å². The van der Waals surface area contributed by atoms with Crippen LogP contribution in [0.1, 0.15) is 18.1 Å². The third-order valence-electron chi connectivity index (χ3n) is 4.22. The average molecular weight is 459 g/mol. The smallest absolute Gasteiger partial charge is 0.416 e. The quantitative estimate of drug-likeness (QED) is 0.133. The molecular formula is C24H20F3NO5. The van der Waals surface area contributed by atoms with Gasteiger partial charge in [0.15, 0.2) is 6.10 Å². The molecule has 0 aromatic heterocycles. The fourth-order valence-corrected chi connectivity index (χ4v) is 2.56. The summed E-state index contributed by atoms with van der Waals surface area (Å²) in [6.07, 6.45) is -3.83. The summed E-state index contributed by atoms with van der Waals surface area (Å²) in [7, 11) is 0. The SMILES string of the molecule is CC(Oc1ccc(Oc2ccc(C(F)(F)F)cc2)cc1)C(=O)OCON=Cc1ccccc1. The van der Waals surface area contributed by atoms with Crippen molar-refractivity contribution in [2.24, 2.45) is 5.16 Å². The topological polar surface area (TPSA) is 66.4 Å². The van der Waals surface area contributed by atoms with Gasteiger partial charge >= 0.3 is 12.1 Å². The van der Waals surface area contributed by atoms with Crippen LogP contribution in [0.3, 0.4) is 0 Å². The molecule has 0 heterocycles. The molecule has 3 rings (SSSR count). The van der Waals surface area contributed by atoms with Crippen molar-refractivity contribution in [3.05, 3.63) is 90.0 Å². The molecule has 33 heavy (non-hydrogen) atoms. The average Bonchev–Trinajstić information content (AvgIpc) is 2.80. The van der Waals surface area contributed by atoms with Crippen LogP contribution in [0.4, 0.5) is 13.2 Å². The largest absolute Gasteiger partial charge is 0.479 e. The van der Waals surface area contributed by atoms with Crippen LogP contribution in [0.5, 0.6) is 17.2 Å². The Balaban J connectivity index is 1.43. The summed E-state index contributed by atoms with van der Waals surface area (Å²) in [5.74, 6) is 0.378. The van der Waals surface area contributed by atoms with Crippen molar-refractivity contribution in [2.75, 3.05) is 6.79 Å². The van der Waals surface area contributed by atoms with Gasteiger partial charge in [0.05, 0.1) is 11.8 Å². The minimum atomic E-state index is -4.41. The van der Waals surface area contributed by atoms with E-state index >= 15 is 0 Å². The van der Waals surface area contributed by atoms with Gasteiger partial charge in [-0.15, -0.1) is 0 Å². The number of oxime groups is 1. The van der Waals surface area contributed by atoms with E-state index in [1.807, 2.05) is 30.3 Å². The molecule has 0 spiro atoms. The lowest BCUT2D eigenvalue weighted by atomic mass is 10.2. The van der Waals surface area contributed by atoms with Crippen LogP contribution in [0.25, 0.3) is 0 Å². The molecule has 0 aliphatic heterocycles. The van der Waals surface area contributed by atoms with Crippen LogP contribution < -0.4 is 9.47 Å².